The second-order valence-corrected chi connectivity index (χ2v) is 5.13. The summed E-state index contributed by atoms with van der Waals surface area (Å²) in [4.78, 5) is 35.3. The number of ether oxygens (including phenoxy) is 1. The van der Waals surface area contributed by atoms with Gasteiger partial charge in [0, 0.05) is 25.9 Å². The van der Waals surface area contributed by atoms with Crippen LogP contribution in [0.4, 0.5) is 4.79 Å². The summed E-state index contributed by atoms with van der Waals surface area (Å²) in [6.45, 7) is 3.68. The zero-order valence-corrected chi connectivity index (χ0v) is 12.8. The molecule has 0 aliphatic carbocycles. The van der Waals surface area contributed by atoms with Crippen molar-refractivity contribution in [2.75, 3.05) is 40.4 Å². The van der Waals surface area contributed by atoms with E-state index in [0.717, 1.165) is 6.54 Å². The second kappa shape index (κ2) is 11.0. The summed E-state index contributed by atoms with van der Waals surface area (Å²) < 4.78 is 5.27. The first-order valence-electron chi connectivity index (χ1n) is 6.83. The maximum absolute atomic E-state index is 11.5. The van der Waals surface area contributed by atoms with Gasteiger partial charge in [0.25, 0.3) is 0 Å². The van der Waals surface area contributed by atoms with E-state index in [4.69, 9.17) is 9.84 Å². The number of amides is 3. The van der Waals surface area contributed by atoms with Gasteiger partial charge >= 0.3 is 12.0 Å². The largest absolute Gasteiger partial charge is 0.481 e. The Labute approximate surface area is 124 Å². The van der Waals surface area contributed by atoms with Crippen LogP contribution in [-0.2, 0) is 14.3 Å². The van der Waals surface area contributed by atoms with Gasteiger partial charge in [-0.2, -0.15) is 0 Å². The van der Waals surface area contributed by atoms with Gasteiger partial charge in [-0.25, -0.2) is 4.79 Å². The third-order valence-electron chi connectivity index (χ3n) is 2.52. The van der Waals surface area contributed by atoms with Gasteiger partial charge in [0.15, 0.2) is 0 Å². The van der Waals surface area contributed by atoms with Gasteiger partial charge in [-0.05, 0) is 20.0 Å². The van der Waals surface area contributed by atoms with Gasteiger partial charge in [0.1, 0.15) is 0 Å². The summed E-state index contributed by atoms with van der Waals surface area (Å²) in [5, 5.41) is 13.2. The van der Waals surface area contributed by atoms with Crippen molar-refractivity contribution in [3.8, 4) is 0 Å². The number of imide groups is 1. The monoisotopic (exact) mass is 303 g/mol. The lowest BCUT2D eigenvalue weighted by Crippen LogP contribution is -2.41. The highest BCUT2D eigenvalue weighted by molar-refractivity contribution is 5.94. The summed E-state index contributed by atoms with van der Waals surface area (Å²) in [6.07, 6.45) is -0.103. The van der Waals surface area contributed by atoms with Crippen molar-refractivity contribution in [2.24, 2.45) is 5.92 Å². The van der Waals surface area contributed by atoms with Crippen molar-refractivity contribution in [1.29, 1.82) is 0 Å². The van der Waals surface area contributed by atoms with E-state index < -0.39 is 17.9 Å². The molecule has 8 heteroatoms. The van der Waals surface area contributed by atoms with E-state index in [2.05, 4.69) is 10.6 Å². The number of aliphatic carboxylic acids is 1. The summed E-state index contributed by atoms with van der Waals surface area (Å²) >= 11 is 0. The van der Waals surface area contributed by atoms with Crippen molar-refractivity contribution in [2.45, 2.75) is 19.8 Å². The molecule has 1 atom stereocenters. The molecule has 0 saturated heterocycles. The van der Waals surface area contributed by atoms with Crippen LogP contribution in [0.3, 0.4) is 0 Å². The summed E-state index contributed by atoms with van der Waals surface area (Å²) in [6, 6.07) is -0.598. The molecule has 0 spiro atoms. The second-order valence-electron chi connectivity index (χ2n) is 5.13. The van der Waals surface area contributed by atoms with Crippen LogP contribution in [0, 0.1) is 5.92 Å². The number of hydrogen-bond donors (Lipinski definition) is 3. The Morgan fingerprint density at radius 3 is 2.43 bits per heavy atom. The molecule has 0 aromatic rings. The smallest absolute Gasteiger partial charge is 0.321 e. The van der Waals surface area contributed by atoms with E-state index >= 15 is 0 Å². The minimum absolute atomic E-state index is 0.000938. The van der Waals surface area contributed by atoms with Crippen molar-refractivity contribution in [3.05, 3.63) is 0 Å². The zero-order chi connectivity index (χ0) is 16.3. The Bertz CT molecular complexity index is 347. The summed E-state index contributed by atoms with van der Waals surface area (Å²) in [5.41, 5.74) is 0. The number of carboxylic acid groups (broad SMARTS) is 1. The molecule has 8 nitrogen and oxygen atoms in total. The molecule has 122 valence electrons. The maximum Gasteiger partial charge on any atom is 0.321 e. The first kappa shape index (κ1) is 19.3. The molecular formula is C13H25N3O5. The van der Waals surface area contributed by atoms with E-state index in [1.54, 1.807) is 6.92 Å². The minimum Gasteiger partial charge on any atom is -0.481 e. The first-order valence-corrected chi connectivity index (χ1v) is 6.83. The number of rotatable bonds is 10. The van der Waals surface area contributed by atoms with E-state index in [9.17, 15) is 14.4 Å². The van der Waals surface area contributed by atoms with Gasteiger partial charge in [0.2, 0.25) is 5.91 Å². The third kappa shape index (κ3) is 13.1. The Kier molecular flexibility index (Phi) is 10.2. The summed E-state index contributed by atoms with van der Waals surface area (Å²) in [5.74, 6) is -1.77. The maximum atomic E-state index is 11.5. The highest BCUT2D eigenvalue weighted by Gasteiger charge is 2.14. The highest BCUT2D eigenvalue weighted by atomic mass is 16.5. The molecule has 0 heterocycles. The molecule has 3 amide bonds. The van der Waals surface area contributed by atoms with Crippen LogP contribution < -0.4 is 10.6 Å². The number of nitrogens with one attached hydrogen (secondary N) is 2. The molecule has 0 fully saturated rings. The number of hydrogen-bond acceptors (Lipinski definition) is 5. The van der Waals surface area contributed by atoms with Gasteiger partial charge in [-0.3, -0.25) is 14.9 Å². The molecule has 21 heavy (non-hydrogen) atoms. The molecule has 0 aliphatic heterocycles. The molecule has 0 saturated carbocycles. The highest BCUT2D eigenvalue weighted by Crippen LogP contribution is 2.06. The molecule has 3 N–H and O–H groups in total. The van der Waals surface area contributed by atoms with Crippen molar-refractivity contribution < 1.29 is 24.2 Å². The normalized spacial score (nSPS) is 12.0. The Morgan fingerprint density at radius 1 is 1.19 bits per heavy atom. The van der Waals surface area contributed by atoms with Gasteiger partial charge in [0.05, 0.1) is 13.2 Å². The average Bonchev–Trinajstić information content (AvgIpc) is 2.31. The fourth-order valence-electron chi connectivity index (χ4n) is 1.49. The van der Waals surface area contributed by atoms with E-state index in [-0.39, 0.29) is 18.8 Å². The van der Waals surface area contributed by atoms with Gasteiger partial charge in [-0.1, -0.05) is 6.92 Å². The van der Waals surface area contributed by atoms with Crippen LogP contribution in [0.5, 0.6) is 0 Å². The molecule has 0 aromatic carbocycles. The number of urea groups is 1. The molecule has 0 rings (SSSR count). The molecule has 0 aliphatic rings. The van der Waals surface area contributed by atoms with E-state index in [0.29, 0.717) is 19.8 Å². The fraction of sp³-hybridized carbons (Fsp3) is 0.769. The quantitative estimate of drug-likeness (QED) is 0.486. The molecule has 0 radical (unpaired) electrons. The van der Waals surface area contributed by atoms with Crippen LogP contribution in [0.15, 0.2) is 0 Å². The lowest BCUT2D eigenvalue weighted by molar-refractivity contribution is -0.138. The van der Waals surface area contributed by atoms with E-state index in [1.807, 2.05) is 19.0 Å². The predicted molar refractivity (Wildman–Crippen MR) is 76.9 cm³/mol. The van der Waals surface area contributed by atoms with Gasteiger partial charge < -0.3 is 20.1 Å². The van der Waals surface area contributed by atoms with Crippen molar-refractivity contribution in [3.63, 3.8) is 0 Å². The minimum atomic E-state index is -0.963. The Balaban J connectivity index is 3.64. The van der Waals surface area contributed by atoms with E-state index in [1.165, 1.54) is 0 Å². The Hall–Kier alpha value is -1.67. The molecule has 1 unspecified atom stereocenters. The SMILES string of the molecule is CC(CC(=O)O)CC(=O)NC(=O)NCCOCCN(C)C. The molecule has 0 aromatic heterocycles. The predicted octanol–water partition coefficient (Wildman–Crippen LogP) is -0.109. The van der Waals surface area contributed by atoms with Gasteiger partial charge in [-0.15, -0.1) is 0 Å². The van der Waals surface area contributed by atoms with Crippen molar-refractivity contribution >= 4 is 17.9 Å². The van der Waals surface area contributed by atoms with Crippen LogP contribution in [-0.4, -0.2) is 68.3 Å². The molecule has 0 bridgehead atoms. The summed E-state index contributed by atoms with van der Waals surface area (Å²) in [7, 11) is 3.87. The average molecular weight is 303 g/mol. The van der Waals surface area contributed by atoms with Crippen LogP contribution in [0.2, 0.25) is 0 Å². The number of carboxylic acids is 1. The standard InChI is InChI=1S/C13H25N3O5/c1-10(9-12(18)19)8-11(17)15-13(20)14-4-6-21-7-5-16(2)3/h10H,4-9H2,1-3H3,(H,18,19)(H2,14,15,17,20). The lowest BCUT2D eigenvalue weighted by atomic mass is 10.0. The van der Waals surface area contributed by atoms with Crippen molar-refractivity contribution in [1.82, 2.24) is 15.5 Å². The molecular weight excluding hydrogens is 278 g/mol. The number of carbonyl (C=O) groups excluding carboxylic acids is 2. The zero-order valence-electron chi connectivity index (χ0n) is 12.8. The van der Waals surface area contributed by atoms with Crippen LogP contribution in [0.25, 0.3) is 0 Å². The number of nitrogens with zero attached hydrogens (tertiary/aromatic N) is 1. The van der Waals surface area contributed by atoms with Crippen LogP contribution >= 0.6 is 0 Å². The fourth-order valence-corrected chi connectivity index (χ4v) is 1.49. The first-order chi connectivity index (χ1) is 9.81. The lowest BCUT2D eigenvalue weighted by Gasteiger charge is -2.11. The Morgan fingerprint density at radius 2 is 1.86 bits per heavy atom. The number of likely N-dealkylation sites (N-methyl/N-ethyl adjacent to an activating group) is 1. The number of carbonyl (C=O) groups is 3. The third-order valence-corrected chi connectivity index (χ3v) is 2.52. The van der Waals surface area contributed by atoms with Crippen LogP contribution in [0.1, 0.15) is 19.8 Å². The topological polar surface area (TPSA) is 108 Å².